The Labute approximate surface area is 236 Å². The lowest BCUT2D eigenvalue weighted by Crippen LogP contribution is -2.28. The zero-order chi connectivity index (χ0) is 27.3. The van der Waals surface area contributed by atoms with E-state index >= 15 is 0 Å². The van der Waals surface area contributed by atoms with Crippen LogP contribution in [0.3, 0.4) is 0 Å². The second kappa shape index (κ2) is 9.90. The topological polar surface area (TPSA) is 63.2 Å². The van der Waals surface area contributed by atoms with Gasteiger partial charge in [0.1, 0.15) is 0 Å². The van der Waals surface area contributed by atoms with Gasteiger partial charge in [0.25, 0.3) is 5.91 Å². The monoisotopic (exact) mass is 593 g/mol. The van der Waals surface area contributed by atoms with Crippen molar-refractivity contribution in [2.24, 2.45) is 0 Å². The molecule has 4 nitrogen and oxygen atoms in total. The summed E-state index contributed by atoms with van der Waals surface area (Å²) in [5.41, 5.74) is 2.69. The van der Waals surface area contributed by atoms with Crippen LogP contribution in [0.4, 0.5) is 5.69 Å². The van der Waals surface area contributed by atoms with Crippen LogP contribution in [-0.4, -0.2) is 20.6 Å². The van der Waals surface area contributed by atoms with Crippen molar-refractivity contribution in [2.45, 2.75) is 37.9 Å². The number of thiophene rings is 1. The van der Waals surface area contributed by atoms with Crippen LogP contribution in [-0.2, 0) is 20.0 Å². The molecule has 0 aliphatic heterocycles. The van der Waals surface area contributed by atoms with Gasteiger partial charge in [0.05, 0.1) is 9.62 Å². The maximum absolute atomic E-state index is 13.2. The lowest BCUT2D eigenvalue weighted by molar-refractivity contribution is 0.103. The number of sulfone groups is 1. The highest BCUT2D eigenvalue weighted by Gasteiger charge is 2.34. The Hall–Kier alpha value is -2.09. The molecule has 1 aromatic heterocycles. The molecule has 4 rings (SSSR count). The average molecular weight is 595 g/mol. The van der Waals surface area contributed by atoms with Gasteiger partial charge in [-0.15, -0.1) is 11.3 Å². The molecular formula is C28H26Cl3NO3S2. The quantitative estimate of drug-likeness (QED) is 0.243. The summed E-state index contributed by atoms with van der Waals surface area (Å²) in [6.07, 6.45) is 1.19. The van der Waals surface area contributed by atoms with Crippen molar-refractivity contribution >= 4 is 77.7 Å². The van der Waals surface area contributed by atoms with E-state index in [1.165, 1.54) is 17.6 Å². The number of carbonyl (C=O) groups is 1. The first-order valence-electron chi connectivity index (χ1n) is 11.4. The molecule has 0 unspecified atom stereocenters. The molecule has 0 aliphatic carbocycles. The van der Waals surface area contributed by atoms with Crippen molar-refractivity contribution in [3.8, 4) is 0 Å². The predicted molar refractivity (Wildman–Crippen MR) is 158 cm³/mol. The molecule has 0 saturated carbocycles. The van der Waals surface area contributed by atoms with Crippen molar-refractivity contribution in [2.75, 3.05) is 11.6 Å². The van der Waals surface area contributed by atoms with Gasteiger partial charge in [-0.1, -0.05) is 60.8 Å². The molecule has 4 aromatic rings. The molecule has 1 heterocycles. The number of fused-ring (bicyclic) bond motifs is 1. The van der Waals surface area contributed by atoms with E-state index in [1.54, 1.807) is 38.1 Å². The van der Waals surface area contributed by atoms with E-state index in [0.29, 0.717) is 31.2 Å². The molecular weight excluding hydrogens is 569 g/mol. The van der Waals surface area contributed by atoms with Crippen LogP contribution < -0.4 is 5.32 Å². The summed E-state index contributed by atoms with van der Waals surface area (Å²) in [6.45, 7) is 7.41. The number of hydrogen-bond donors (Lipinski definition) is 1. The number of nitrogens with one attached hydrogen (secondary N) is 1. The summed E-state index contributed by atoms with van der Waals surface area (Å²) in [6, 6.07) is 18.4. The number of carbonyl (C=O) groups excluding carboxylic acids is 1. The van der Waals surface area contributed by atoms with Gasteiger partial charge in [0.15, 0.2) is 9.84 Å². The lowest BCUT2D eigenvalue weighted by Gasteiger charge is -2.27. The Morgan fingerprint density at radius 2 is 1.49 bits per heavy atom. The largest absolute Gasteiger partial charge is 0.321 e. The third kappa shape index (κ3) is 5.55. The van der Waals surface area contributed by atoms with Gasteiger partial charge in [-0.2, -0.15) is 0 Å². The molecule has 0 atom stereocenters. The number of benzene rings is 3. The molecule has 9 heteroatoms. The molecule has 0 bridgehead atoms. The van der Waals surface area contributed by atoms with E-state index in [4.69, 9.17) is 34.8 Å². The van der Waals surface area contributed by atoms with E-state index in [2.05, 4.69) is 19.2 Å². The van der Waals surface area contributed by atoms with E-state index in [9.17, 15) is 13.2 Å². The van der Waals surface area contributed by atoms with Gasteiger partial charge in [-0.05, 0) is 84.5 Å². The van der Waals surface area contributed by atoms with Crippen LogP contribution in [0.1, 0.15) is 54.1 Å². The second-order valence-electron chi connectivity index (χ2n) is 10.1. The molecule has 0 aliphatic rings. The van der Waals surface area contributed by atoms with Gasteiger partial charge in [0, 0.05) is 37.1 Å². The van der Waals surface area contributed by atoms with Crippen molar-refractivity contribution in [1.29, 1.82) is 0 Å². The van der Waals surface area contributed by atoms with Crippen LogP contribution in [0, 0.1) is 0 Å². The Morgan fingerprint density at radius 3 is 2.11 bits per heavy atom. The van der Waals surface area contributed by atoms with E-state index < -0.39 is 14.6 Å². The molecule has 0 spiro atoms. The van der Waals surface area contributed by atoms with Crippen LogP contribution in [0.15, 0.2) is 60.7 Å². The molecule has 1 N–H and O–H groups in total. The van der Waals surface area contributed by atoms with Gasteiger partial charge >= 0.3 is 0 Å². The molecule has 0 fully saturated rings. The Balaban J connectivity index is 1.66. The smallest absolute Gasteiger partial charge is 0.265 e. The number of amides is 1. The van der Waals surface area contributed by atoms with Gasteiger partial charge in [-0.25, -0.2) is 8.42 Å². The van der Waals surface area contributed by atoms with Crippen molar-refractivity contribution in [3.05, 3.63) is 97.3 Å². The first-order valence-corrected chi connectivity index (χ1v) is 15.3. The molecule has 1 amide bonds. The zero-order valence-corrected chi connectivity index (χ0v) is 24.8. The van der Waals surface area contributed by atoms with Gasteiger partial charge in [0.2, 0.25) is 0 Å². The number of anilines is 1. The maximum atomic E-state index is 13.2. The summed E-state index contributed by atoms with van der Waals surface area (Å²) in [4.78, 5) is 13.7. The minimum absolute atomic E-state index is 0.293. The Morgan fingerprint density at radius 1 is 0.838 bits per heavy atom. The molecule has 3 aromatic carbocycles. The van der Waals surface area contributed by atoms with Crippen LogP contribution in [0.5, 0.6) is 0 Å². The predicted octanol–water partition coefficient (Wildman–Crippen LogP) is 8.72. The standard InChI is InChI=1S/C28H26Cl3NO3S2/c1-27(2,17-6-8-19(29)9-7-17)18-12-20(30)14-21(13-18)32-26(33)25-11-16-10-22(23(31)15-24(16)36-25)28(3,4)37(5,34)35/h6-15H,1-5H3,(H,32,33). The van der Waals surface area contributed by atoms with E-state index in [0.717, 1.165) is 21.2 Å². The lowest BCUT2D eigenvalue weighted by atomic mass is 9.78. The summed E-state index contributed by atoms with van der Waals surface area (Å²) in [7, 11) is -3.42. The highest BCUT2D eigenvalue weighted by molar-refractivity contribution is 7.91. The van der Waals surface area contributed by atoms with Crippen LogP contribution in [0.25, 0.3) is 10.1 Å². The first-order chi connectivity index (χ1) is 17.1. The number of halogens is 3. The van der Waals surface area contributed by atoms with Gasteiger partial charge < -0.3 is 5.32 Å². The third-order valence-electron chi connectivity index (χ3n) is 6.85. The summed E-state index contributed by atoms with van der Waals surface area (Å²) in [5.74, 6) is -0.293. The van der Waals surface area contributed by atoms with Crippen LogP contribution in [0.2, 0.25) is 15.1 Å². The molecule has 194 valence electrons. The third-order valence-corrected chi connectivity index (χ3v) is 10.8. The normalized spacial score (nSPS) is 12.6. The Bertz CT molecular complexity index is 1620. The van der Waals surface area contributed by atoms with Gasteiger partial charge in [-0.3, -0.25) is 4.79 Å². The Kier molecular flexibility index (Phi) is 7.47. The fraction of sp³-hybridized carbons (Fsp3) is 0.250. The summed E-state index contributed by atoms with van der Waals surface area (Å²) < 4.78 is 24.3. The molecule has 0 saturated heterocycles. The van der Waals surface area contributed by atoms with Crippen molar-refractivity contribution in [3.63, 3.8) is 0 Å². The highest BCUT2D eigenvalue weighted by atomic mass is 35.5. The zero-order valence-electron chi connectivity index (χ0n) is 20.9. The van der Waals surface area contributed by atoms with Crippen LogP contribution >= 0.6 is 46.1 Å². The molecule has 0 radical (unpaired) electrons. The minimum atomic E-state index is -3.42. The van der Waals surface area contributed by atoms with E-state index in [1.807, 2.05) is 36.4 Å². The minimum Gasteiger partial charge on any atom is -0.321 e. The summed E-state index contributed by atoms with van der Waals surface area (Å²) >= 11 is 20.3. The molecule has 37 heavy (non-hydrogen) atoms. The fourth-order valence-electron chi connectivity index (χ4n) is 4.08. The second-order valence-corrected chi connectivity index (χ2v) is 15.0. The maximum Gasteiger partial charge on any atom is 0.265 e. The number of hydrogen-bond acceptors (Lipinski definition) is 4. The van der Waals surface area contributed by atoms with Crippen molar-refractivity contribution < 1.29 is 13.2 Å². The first kappa shape index (κ1) is 27.9. The van der Waals surface area contributed by atoms with Crippen molar-refractivity contribution in [1.82, 2.24) is 0 Å². The SMILES string of the molecule is CC(C)(c1ccc(Cl)cc1)c1cc(Cl)cc(NC(=O)c2cc3cc(C(C)(C)S(C)(=O)=O)c(Cl)cc3s2)c1. The van der Waals surface area contributed by atoms with E-state index in [-0.39, 0.29) is 11.3 Å². The fourth-order valence-corrected chi connectivity index (χ4v) is 6.51. The average Bonchev–Trinajstić information content (AvgIpc) is 3.20. The number of rotatable bonds is 6. The summed E-state index contributed by atoms with van der Waals surface area (Å²) in [5, 5.41) is 5.22. The highest BCUT2D eigenvalue weighted by Crippen LogP contribution is 2.40.